The summed E-state index contributed by atoms with van der Waals surface area (Å²) < 4.78 is 24.4. The second-order valence-corrected chi connectivity index (χ2v) is 9.62. The molecular formula is C15H19N3O4S2. The molecular weight excluding hydrogens is 350 g/mol. The van der Waals surface area contributed by atoms with Crippen molar-refractivity contribution in [2.75, 3.05) is 24.6 Å². The summed E-state index contributed by atoms with van der Waals surface area (Å²) in [4.78, 5) is 32.7. The van der Waals surface area contributed by atoms with E-state index in [1.54, 1.807) is 20.7 Å². The average Bonchev–Trinajstić information content (AvgIpc) is 3.09. The molecule has 24 heavy (non-hydrogen) atoms. The van der Waals surface area contributed by atoms with Crippen molar-refractivity contribution in [1.29, 1.82) is 0 Å². The summed E-state index contributed by atoms with van der Waals surface area (Å²) in [6.07, 6.45) is 2.84. The number of hydrogen-bond donors (Lipinski definition) is 0. The van der Waals surface area contributed by atoms with Gasteiger partial charge < -0.3 is 9.80 Å². The Kier molecular flexibility index (Phi) is 3.87. The van der Waals surface area contributed by atoms with Gasteiger partial charge in [0.1, 0.15) is 5.69 Å². The van der Waals surface area contributed by atoms with E-state index in [2.05, 4.69) is 4.98 Å². The molecule has 3 aliphatic rings. The molecule has 1 aromatic rings. The lowest BCUT2D eigenvalue weighted by Crippen LogP contribution is -2.63. The Morgan fingerprint density at radius 2 is 1.79 bits per heavy atom. The molecule has 0 spiro atoms. The van der Waals surface area contributed by atoms with Crippen molar-refractivity contribution in [2.24, 2.45) is 5.92 Å². The minimum absolute atomic E-state index is 0.0368. The zero-order valence-corrected chi connectivity index (χ0v) is 14.8. The summed E-state index contributed by atoms with van der Waals surface area (Å²) in [6.45, 7) is 0.771. The lowest BCUT2D eigenvalue weighted by atomic mass is 9.83. The first-order valence-corrected chi connectivity index (χ1v) is 10.9. The number of nitrogens with zero attached hydrogens (tertiary/aromatic N) is 3. The highest BCUT2D eigenvalue weighted by atomic mass is 32.2. The molecule has 4 rings (SSSR count). The van der Waals surface area contributed by atoms with Crippen LogP contribution in [0.15, 0.2) is 10.9 Å². The zero-order valence-electron chi connectivity index (χ0n) is 13.1. The van der Waals surface area contributed by atoms with Crippen molar-refractivity contribution in [3.63, 3.8) is 0 Å². The molecule has 1 aliphatic carbocycles. The number of thiazole rings is 1. The summed E-state index contributed by atoms with van der Waals surface area (Å²) in [5, 5.41) is 1.67. The van der Waals surface area contributed by atoms with Crippen molar-refractivity contribution in [3.8, 4) is 0 Å². The molecule has 9 heteroatoms. The summed E-state index contributed by atoms with van der Waals surface area (Å²) in [5.41, 5.74) is 1.94. The lowest BCUT2D eigenvalue weighted by Gasteiger charge is -2.45. The van der Waals surface area contributed by atoms with Gasteiger partial charge >= 0.3 is 0 Å². The number of fused-ring (bicyclic) bond motifs is 1. The van der Waals surface area contributed by atoms with Gasteiger partial charge in [-0.15, -0.1) is 11.3 Å². The van der Waals surface area contributed by atoms with Gasteiger partial charge in [-0.2, -0.15) is 0 Å². The second-order valence-electron chi connectivity index (χ2n) is 6.74. The van der Waals surface area contributed by atoms with Crippen molar-refractivity contribution in [2.45, 2.75) is 31.3 Å². The summed E-state index contributed by atoms with van der Waals surface area (Å²) in [7, 11) is -3.25. The largest absolute Gasteiger partial charge is 0.335 e. The Labute approximate surface area is 144 Å². The van der Waals surface area contributed by atoms with E-state index in [1.807, 2.05) is 0 Å². The third-order valence-corrected chi connectivity index (χ3v) is 7.61. The summed E-state index contributed by atoms with van der Waals surface area (Å²) >= 11 is 1.34. The van der Waals surface area contributed by atoms with Gasteiger partial charge in [-0.05, 0) is 12.8 Å². The molecule has 0 aromatic carbocycles. The van der Waals surface area contributed by atoms with Crippen LogP contribution < -0.4 is 0 Å². The number of carbonyl (C=O) groups excluding carboxylic acids is 2. The smallest absolute Gasteiger partial charge is 0.273 e. The molecule has 2 amide bonds. The molecule has 1 saturated carbocycles. The van der Waals surface area contributed by atoms with Crippen LogP contribution in [0.3, 0.4) is 0 Å². The summed E-state index contributed by atoms with van der Waals surface area (Å²) in [5.74, 6) is -0.248. The first-order chi connectivity index (χ1) is 11.5. The number of amides is 2. The van der Waals surface area contributed by atoms with Crippen LogP contribution >= 0.6 is 11.3 Å². The fraction of sp³-hybridized carbons (Fsp3) is 0.667. The molecule has 2 saturated heterocycles. The third kappa shape index (κ3) is 2.63. The van der Waals surface area contributed by atoms with Crippen LogP contribution in [-0.4, -0.2) is 71.7 Å². The Morgan fingerprint density at radius 3 is 2.38 bits per heavy atom. The van der Waals surface area contributed by atoms with Gasteiger partial charge in [0.25, 0.3) is 5.91 Å². The van der Waals surface area contributed by atoms with E-state index in [0.717, 1.165) is 19.3 Å². The van der Waals surface area contributed by atoms with E-state index in [0.29, 0.717) is 18.8 Å². The number of sulfone groups is 1. The molecule has 2 aliphatic heterocycles. The molecule has 0 radical (unpaired) electrons. The molecule has 130 valence electrons. The Hall–Kier alpha value is -1.48. The first-order valence-electron chi connectivity index (χ1n) is 8.16. The van der Waals surface area contributed by atoms with E-state index >= 15 is 0 Å². The van der Waals surface area contributed by atoms with Crippen LogP contribution in [0.5, 0.6) is 0 Å². The SMILES string of the molecule is O=C(c1cscn1)N1CCN(C(=O)C2CCC2)C2CS(=O)(=O)CC21. The van der Waals surface area contributed by atoms with Crippen LogP contribution in [0.25, 0.3) is 0 Å². The van der Waals surface area contributed by atoms with E-state index in [1.165, 1.54) is 11.3 Å². The van der Waals surface area contributed by atoms with Crippen LogP contribution in [0, 0.1) is 5.92 Å². The van der Waals surface area contributed by atoms with Gasteiger partial charge in [0.15, 0.2) is 9.84 Å². The minimum atomic E-state index is -3.25. The van der Waals surface area contributed by atoms with E-state index in [4.69, 9.17) is 0 Å². The van der Waals surface area contributed by atoms with Crippen LogP contribution in [0.1, 0.15) is 29.8 Å². The van der Waals surface area contributed by atoms with Crippen molar-refractivity contribution >= 4 is 33.0 Å². The number of aromatic nitrogens is 1. The second kappa shape index (κ2) is 5.80. The molecule has 2 unspecified atom stereocenters. The molecule has 7 nitrogen and oxygen atoms in total. The van der Waals surface area contributed by atoms with Gasteiger partial charge in [-0.3, -0.25) is 9.59 Å². The highest BCUT2D eigenvalue weighted by Crippen LogP contribution is 2.33. The quantitative estimate of drug-likeness (QED) is 0.753. The van der Waals surface area contributed by atoms with Crippen molar-refractivity contribution in [3.05, 3.63) is 16.6 Å². The number of rotatable bonds is 2. The van der Waals surface area contributed by atoms with E-state index < -0.39 is 21.9 Å². The van der Waals surface area contributed by atoms with Crippen molar-refractivity contribution < 1.29 is 18.0 Å². The van der Waals surface area contributed by atoms with Gasteiger partial charge in [0.05, 0.1) is 29.1 Å². The van der Waals surface area contributed by atoms with Crippen molar-refractivity contribution in [1.82, 2.24) is 14.8 Å². The van der Waals surface area contributed by atoms with Gasteiger partial charge in [-0.1, -0.05) is 6.42 Å². The number of hydrogen-bond acceptors (Lipinski definition) is 6. The lowest BCUT2D eigenvalue weighted by molar-refractivity contribution is -0.143. The third-order valence-electron chi connectivity index (χ3n) is 5.33. The number of piperazine rings is 1. The maximum Gasteiger partial charge on any atom is 0.273 e. The van der Waals surface area contributed by atoms with Gasteiger partial charge in [-0.25, -0.2) is 13.4 Å². The number of carbonyl (C=O) groups is 2. The monoisotopic (exact) mass is 369 g/mol. The summed E-state index contributed by atoms with van der Waals surface area (Å²) in [6, 6.07) is -0.874. The van der Waals surface area contributed by atoms with Crippen LogP contribution in [0.4, 0.5) is 0 Å². The van der Waals surface area contributed by atoms with E-state index in [9.17, 15) is 18.0 Å². The molecule has 1 aromatic heterocycles. The average molecular weight is 369 g/mol. The maximum absolute atomic E-state index is 12.7. The molecule has 2 atom stereocenters. The predicted molar refractivity (Wildman–Crippen MR) is 88.4 cm³/mol. The van der Waals surface area contributed by atoms with E-state index in [-0.39, 0.29) is 29.2 Å². The molecule has 3 fully saturated rings. The molecule has 3 heterocycles. The molecule has 0 N–H and O–H groups in total. The minimum Gasteiger partial charge on any atom is -0.335 e. The standard InChI is InChI=1S/C15H19N3O4S2/c19-14(10-2-1-3-10)17-4-5-18(15(20)11-6-23-9-16-11)13-8-24(21,22)7-12(13)17/h6,9-10,12-13H,1-5,7-8H2. The van der Waals surface area contributed by atoms with Gasteiger partial charge in [0.2, 0.25) is 5.91 Å². The Balaban J connectivity index is 1.60. The maximum atomic E-state index is 12.7. The fourth-order valence-electron chi connectivity index (χ4n) is 3.83. The predicted octanol–water partition coefficient (Wildman–Crippen LogP) is 0.393. The highest BCUT2D eigenvalue weighted by Gasteiger charge is 2.50. The topological polar surface area (TPSA) is 87.7 Å². The Morgan fingerprint density at radius 1 is 1.12 bits per heavy atom. The zero-order chi connectivity index (χ0) is 16.9. The van der Waals surface area contributed by atoms with Gasteiger partial charge in [0, 0.05) is 24.4 Å². The highest BCUT2D eigenvalue weighted by molar-refractivity contribution is 7.91. The molecule has 0 bridgehead atoms. The normalized spacial score (nSPS) is 29.2. The first kappa shape index (κ1) is 16.0. The van der Waals surface area contributed by atoms with Crippen LogP contribution in [-0.2, 0) is 14.6 Å². The fourth-order valence-corrected chi connectivity index (χ4v) is 6.34. The van der Waals surface area contributed by atoms with Crippen LogP contribution in [0.2, 0.25) is 0 Å². The Bertz CT molecular complexity index is 758.